The molecule has 28 heavy (non-hydrogen) atoms. The van der Waals surface area contributed by atoms with Crippen LogP contribution >= 0.6 is 23.4 Å². The standard InChI is InChI=1S/C18H18ClN5O3S/c1-11-5-4-6-12(7-11)24-18(21-22-23-24)28-10-17(25)20-14-8-13(19)15(26-2)9-16(14)27-3/h4-9H,10H2,1-3H3,(H,20,25). The number of hydrogen-bond acceptors (Lipinski definition) is 7. The third kappa shape index (κ3) is 4.55. The first-order valence-corrected chi connectivity index (χ1v) is 9.57. The first kappa shape index (κ1) is 20.0. The molecule has 0 radical (unpaired) electrons. The van der Waals surface area contributed by atoms with Crippen molar-refractivity contribution < 1.29 is 14.3 Å². The van der Waals surface area contributed by atoms with Gasteiger partial charge in [0, 0.05) is 6.07 Å². The molecule has 1 N–H and O–H groups in total. The van der Waals surface area contributed by atoms with Crippen LogP contribution in [0.4, 0.5) is 5.69 Å². The fourth-order valence-electron chi connectivity index (χ4n) is 2.46. The predicted octanol–water partition coefficient (Wildman–Crippen LogP) is 3.37. The minimum atomic E-state index is -0.247. The highest BCUT2D eigenvalue weighted by molar-refractivity contribution is 7.99. The Labute approximate surface area is 171 Å². The minimum absolute atomic E-state index is 0.110. The smallest absolute Gasteiger partial charge is 0.234 e. The number of amides is 1. The van der Waals surface area contributed by atoms with Crippen molar-refractivity contribution in [2.45, 2.75) is 12.1 Å². The monoisotopic (exact) mass is 419 g/mol. The van der Waals surface area contributed by atoms with E-state index in [0.29, 0.717) is 27.4 Å². The number of thioether (sulfide) groups is 1. The Morgan fingerprint density at radius 2 is 2.00 bits per heavy atom. The third-order valence-electron chi connectivity index (χ3n) is 3.77. The number of carbonyl (C=O) groups is 1. The van der Waals surface area contributed by atoms with Crippen molar-refractivity contribution in [3.05, 3.63) is 47.0 Å². The molecule has 0 atom stereocenters. The van der Waals surface area contributed by atoms with Crippen molar-refractivity contribution in [1.29, 1.82) is 0 Å². The van der Waals surface area contributed by atoms with Crippen LogP contribution in [-0.2, 0) is 4.79 Å². The molecular formula is C18H18ClN5O3S. The van der Waals surface area contributed by atoms with E-state index in [9.17, 15) is 4.79 Å². The van der Waals surface area contributed by atoms with Crippen molar-refractivity contribution in [3.8, 4) is 17.2 Å². The molecule has 0 spiro atoms. The zero-order chi connectivity index (χ0) is 20.1. The van der Waals surface area contributed by atoms with Gasteiger partial charge in [0.2, 0.25) is 11.1 Å². The predicted molar refractivity (Wildman–Crippen MR) is 108 cm³/mol. The maximum atomic E-state index is 12.4. The molecule has 0 aliphatic heterocycles. The highest BCUT2D eigenvalue weighted by Crippen LogP contribution is 2.36. The molecule has 0 saturated heterocycles. The molecule has 0 bridgehead atoms. The van der Waals surface area contributed by atoms with Crippen LogP contribution < -0.4 is 14.8 Å². The lowest BCUT2D eigenvalue weighted by molar-refractivity contribution is -0.113. The molecule has 1 aromatic heterocycles. The van der Waals surface area contributed by atoms with Crippen molar-refractivity contribution in [2.75, 3.05) is 25.3 Å². The fraction of sp³-hybridized carbons (Fsp3) is 0.222. The van der Waals surface area contributed by atoms with E-state index in [4.69, 9.17) is 21.1 Å². The number of nitrogens with one attached hydrogen (secondary N) is 1. The maximum Gasteiger partial charge on any atom is 0.234 e. The van der Waals surface area contributed by atoms with Crippen LogP contribution in [0.25, 0.3) is 5.69 Å². The Balaban J connectivity index is 1.69. The second-order valence-electron chi connectivity index (χ2n) is 5.74. The number of hydrogen-bond donors (Lipinski definition) is 1. The van der Waals surface area contributed by atoms with Gasteiger partial charge in [-0.15, -0.1) is 5.10 Å². The van der Waals surface area contributed by atoms with Gasteiger partial charge < -0.3 is 14.8 Å². The Kier molecular flexibility index (Phi) is 6.37. The van der Waals surface area contributed by atoms with E-state index in [1.807, 2.05) is 31.2 Å². The summed E-state index contributed by atoms with van der Waals surface area (Å²) in [4.78, 5) is 12.4. The van der Waals surface area contributed by atoms with Crippen molar-refractivity contribution >= 4 is 35.0 Å². The van der Waals surface area contributed by atoms with Gasteiger partial charge in [-0.1, -0.05) is 35.5 Å². The molecule has 0 fully saturated rings. The summed E-state index contributed by atoms with van der Waals surface area (Å²) in [5, 5.41) is 15.4. The number of aryl methyl sites for hydroxylation is 1. The zero-order valence-electron chi connectivity index (χ0n) is 15.5. The Hall–Kier alpha value is -2.78. The van der Waals surface area contributed by atoms with Gasteiger partial charge in [-0.25, -0.2) is 0 Å². The number of tetrazole rings is 1. The first-order valence-electron chi connectivity index (χ1n) is 8.21. The van der Waals surface area contributed by atoms with Gasteiger partial charge in [0.05, 0.1) is 36.4 Å². The lowest BCUT2D eigenvalue weighted by Crippen LogP contribution is -2.15. The summed E-state index contributed by atoms with van der Waals surface area (Å²) in [7, 11) is 3.01. The fourth-order valence-corrected chi connectivity index (χ4v) is 3.40. The van der Waals surface area contributed by atoms with Crippen LogP contribution in [0.2, 0.25) is 5.02 Å². The van der Waals surface area contributed by atoms with Gasteiger partial charge >= 0.3 is 0 Å². The summed E-state index contributed by atoms with van der Waals surface area (Å²) in [5.74, 6) is 0.773. The van der Waals surface area contributed by atoms with E-state index in [0.717, 1.165) is 11.3 Å². The number of rotatable bonds is 7. The molecule has 146 valence electrons. The number of aromatic nitrogens is 4. The highest BCUT2D eigenvalue weighted by atomic mass is 35.5. The average molecular weight is 420 g/mol. The summed E-state index contributed by atoms with van der Waals surface area (Å²) >= 11 is 7.36. The van der Waals surface area contributed by atoms with Gasteiger partial charge in [-0.2, -0.15) is 4.68 Å². The number of carbonyl (C=O) groups excluding carboxylic acids is 1. The Bertz CT molecular complexity index is 995. The highest BCUT2D eigenvalue weighted by Gasteiger charge is 2.15. The molecule has 3 rings (SSSR count). The number of nitrogens with zero attached hydrogens (tertiary/aromatic N) is 4. The van der Waals surface area contributed by atoms with Gasteiger partial charge in [0.1, 0.15) is 11.5 Å². The molecule has 2 aromatic carbocycles. The summed E-state index contributed by atoms with van der Waals surface area (Å²) < 4.78 is 12.0. The van der Waals surface area contributed by atoms with Crippen LogP contribution in [0.3, 0.4) is 0 Å². The van der Waals surface area contributed by atoms with Crippen LogP contribution in [0.5, 0.6) is 11.5 Å². The molecule has 8 nitrogen and oxygen atoms in total. The molecule has 1 heterocycles. The van der Waals surface area contributed by atoms with E-state index in [-0.39, 0.29) is 11.7 Å². The van der Waals surface area contributed by atoms with Crippen LogP contribution in [-0.4, -0.2) is 46.1 Å². The van der Waals surface area contributed by atoms with Crippen molar-refractivity contribution in [1.82, 2.24) is 20.2 Å². The first-order chi connectivity index (χ1) is 13.5. The summed E-state index contributed by atoms with van der Waals surface area (Å²) in [6.45, 7) is 1.99. The van der Waals surface area contributed by atoms with Crippen molar-refractivity contribution in [2.24, 2.45) is 0 Å². The Morgan fingerprint density at radius 1 is 1.21 bits per heavy atom. The minimum Gasteiger partial charge on any atom is -0.495 e. The second kappa shape index (κ2) is 8.94. The lowest BCUT2D eigenvalue weighted by atomic mass is 10.2. The summed E-state index contributed by atoms with van der Waals surface area (Å²) in [5.41, 5.74) is 2.37. The summed E-state index contributed by atoms with van der Waals surface area (Å²) in [6, 6.07) is 11.0. The lowest BCUT2D eigenvalue weighted by Gasteiger charge is -2.13. The number of halogens is 1. The normalized spacial score (nSPS) is 10.6. The number of methoxy groups -OCH3 is 2. The number of ether oxygens (including phenoxy) is 2. The molecule has 10 heteroatoms. The topological polar surface area (TPSA) is 91.2 Å². The largest absolute Gasteiger partial charge is 0.495 e. The van der Waals surface area contributed by atoms with E-state index in [1.165, 1.54) is 26.0 Å². The summed E-state index contributed by atoms with van der Waals surface area (Å²) in [6.07, 6.45) is 0. The van der Waals surface area contributed by atoms with E-state index >= 15 is 0 Å². The van der Waals surface area contributed by atoms with Gasteiger partial charge in [0.15, 0.2) is 0 Å². The van der Waals surface area contributed by atoms with Gasteiger partial charge in [-0.05, 0) is 41.1 Å². The molecule has 0 aliphatic rings. The third-order valence-corrected chi connectivity index (χ3v) is 4.98. The van der Waals surface area contributed by atoms with Gasteiger partial charge in [-0.3, -0.25) is 4.79 Å². The molecular weight excluding hydrogens is 402 g/mol. The molecule has 0 unspecified atom stereocenters. The van der Waals surface area contributed by atoms with E-state index in [2.05, 4.69) is 20.8 Å². The second-order valence-corrected chi connectivity index (χ2v) is 7.09. The maximum absolute atomic E-state index is 12.4. The van der Waals surface area contributed by atoms with Crippen LogP contribution in [0.15, 0.2) is 41.6 Å². The average Bonchev–Trinajstić information content (AvgIpc) is 3.15. The molecule has 3 aromatic rings. The SMILES string of the molecule is COc1cc(OC)c(NC(=O)CSc2nnnn2-c2cccc(C)c2)cc1Cl. The van der Waals surface area contributed by atoms with E-state index in [1.54, 1.807) is 16.8 Å². The van der Waals surface area contributed by atoms with Crippen molar-refractivity contribution in [3.63, 3.8) is 0 Å². The van der Waals surface area contributed by atoms with Crippen LogP contribution in [0.1, 0.15) is 5.56 Å². The van der Waals surface area contributed by atoms with Crippen LogP contribution in [0, 0.1) is 6.92 Å². The van der Waals surface area contributed by atoms with E-state index < -0.39 is 0 Å². The number of benzene rings is 2. The van der Waals surface area contributed by atoms with Gasteiger partial charge in [0.25, 0.3) is 0 Å². The Morgan fingerprint density at radius 3 is 2.71 bits per heavy atom. The quantitative estimate of drug-likeness (QED) is 0.587. The molecule has 0 saturated carbocycles. The number of anilines is 1. The molecule has 1 amide bonds. The zero-order valence-corrected chi connectivity index (χ0v) is 17.0. The molecule has 0 aliphatic carbocycles.